The number of nitro groups is 1. The zero-order valence-electron chi connectivity index (χ0n) is 5.81. The molecular formula is C4H8N4O2. The van der Waals surface area contributed by atoms with E-state index >= 15 is 0 Å². The highest BCUT2D eigenvalue weighted by Crippen LogP contribution is 1.83. The van der Waals surface area contributed by atoms with Crippen LogP contribution in [0.5, 0.6) is 0 Å². The molecule has 0 aromatic heterocycles. The zero-order chi connectivity index (χ0) is 8.15. The molecular weight excluding hydrogens is 136 g/mol. The summed E-state index contributed by atoms with van der Waals surface area (Å²) in [6.07, 6.45) is 0. The first-order valence-corrected chi connectivity index (χ1v) is 2.45. The van der Waals surface area contributed by atoms with Gasteiger partial charge in [-0.25, -0.2) is 5.01 Å². The zero-order valence-corrected chi connectivity index (χ0v) is 5.81. The van der Waals surface area contributed by atoms with E-state index in [1.807, 2.05) is 0 Å². The lowest BCUT2D eigenvalue weighted by molar-refractivity contribution is -0.353. The van der Waals surface area contributed by atoms with E-state index in [0.717, 1.165) is 0 Å². The Morgan fingerprint density at radius 1 is 1.70 bits per heavy atom. The summed E-state index contributed by atoms with van der Waals surface area (Å²) in [5.74, 6) is -0.495. The van der Waals surface area contributed by atoms with Crippen LogP contribution in [0.25, 0.3) is 0 Å². The number of rotatable bonds is 1. The minimum absolute atomic E-state index is 0.495. The molecule has 6 nitrogen and oxygen atoms in total. The predicted molar refractivity (Wildman–Crippen MR) is 37.7 cm³/mol. The number of hydrazone groups is 1. The maximum Gasteiger partial charge on any atom is 0.488 e. The van der Waals surface area contributed by atoms with Crippen LogP contribution >= 0.6 is 0 Å². The normalized spacial score (nSPS) is 10.8. The van der Waals surface area contributed by atoms with Crippen LogP contribution < -0.4 is 0 Å². The van der Waals surface area contributed by atoms with E-state index in [0.29, 0.717) is 0 Å². The molecule has 10 heavy (non-hydrogen) atoms. The lowest BCUT2D eigenvalue weighted by Crippen LogP contribution is -2.14. The lowest BCUT2D eigenvalue weighted by atomic mass is 11.0. The molecule has 0 radical (unpaired) electrons. The van der Waals surface area contributed by atoms with Crippen molar-refractivity contribution in [2.24, 2.45) is 10.1 Å². The lowest BCUT2D eigenvalue weighted by Gasteiger charge is -1.96. The molecule has 6 heteroatoms. The minimum atomic E-state index is -0.701. The third kappa shape index (κ3) is 2.75. The summed E-state index contributed by atoms with van der Waals surface area (Å²) in [5, 5.41) is 14.7. The largest absolute Gasteiger partial charge is 0.488 e. The summed E-state index contributed by atoms with van der Waals surface area (Å²) in [5.41, 5.74) is 0. The number of hydrogen-bond acceptors (Lipinski definition) is 4. The molecule has 0 unspecified atom stereocenters. The second-order valence-corrected chi connectivity index (χ2v) is 1.66. The summed E-state index contributed by atoms with van der Waals surface area (Å²) in [6, 6.07) is 0. The van der Waals surface area contributed by atoms with Crippen molar-refractivity contribution in [3.63, 3.8) is 0 Å². The van der Waals surface area contributed by atoms with Crippen molar-refractivity contribution in [3.8, 4) is 0 Å². The van der Waals surface area contributed by atoms with Gasteiger partial charge in [0.05, 0.1) is 6.72 Å². The maximum atomic E-state index is 9.98. The van der Waals surface area contributed by atoms with Crippen molar-refractivity contribution in [2.75, 3.05) is 14.1 Å². The summed E-state index contributed by atoms with van der Waals surface area (Å²) >= 11 is 0. The maximum absolute atomic E-state index is 9.98. The minimum Gasteiger partial charge on any atom is -0.390 e. The summed E-state index contributed by atoms with van der Waals surface area (Å²) in [6.45, 7) is 2.99. The molecule has 0 aromatic rings. The van der Waals surface area contributed by atoms with E-state index in [1.54, 1.807) is 14.1 Å². The van der Waals surface area contributed by atoms with Gasteiger partial charge in [-0.1, -0.05) is 4.99 Å². The van der Waals surface area contributed by atoms with Gasteiger partial charge in [0.2, 0.25) is 0 Å². The molecule has 0 aliphatic rings. The molecule has 0 fully saturated rings. The molecule has 0 saturated heterocycles. The first kappa shape index (κ1) is 8.54. The standard InChI is InChI=1S/C4H8N4O2/c1-5-4(8(9)10)6-7(2)3/h1H2,2-3H3/b6-4+. The smallest absolute Gasteiger partial charge is 0.390 e. The highest BCUT2D eigenvalue weighted by Gasteiger charge is 2.07. The Morgan fingerprint density at radius 2 is 2.20 bits per heavy atom. The van der Waals surface area contributed by atoms with Gasteiger partial charge < -0.3 is 10.1 Å². The molecule has 0 aliphatic carbocycles. The van der Waals surface area contributed by atoms with E-state index in [-0.39, 0.29) is 0 Å². The molecule has 0 aliphatic heterocycles. The van der Waals surface area contributed by atoms with Gasteiger partial charge in [0.15, 0.2) is 0 Å². The van der Waals surface area contributed by atoms with Crippen molar-refractivity contribution in [1.29, 1.82) is 0 Å². The van der Waals surface area contributed by atoms with Crippen LogP contribution in [0.2, 0.25) is 0 Å². The number of hydrogen-bond donors (Lipinski definition) is 0. The Balaban J connectivity index is 4.33. The monoisotopic (exact) mass is 144 g/mol. The fourth-order valence-corrected chi connectivity index (χ4v) is 0.305. The highest BCUT2D eigenvalue weighted by molar-refractivity contribution is 5.76. The first-order valence-electron chi connectivity index (χ1n) is 2.45. The van der Waals surface area contributed by atoms with Crippen molar-refractivity contribution >= 4 is 12.7 Å². The topological polar surface area (TPSA) is 71.1 Å². The Kier molecular flexibility index (Phi) is 3.03. The van der Waals surface area contributed by atoms with E-state index in [4.69, 9.17) is 0 Å². The summed E-state index contributed by atoms with van der Waals surface area (Å²) in [4.78, 5) is 12.4. The van der Waals surface area contributed by atoms with Crippen LogP contribution in [0.3, 0.4) is 0 Å². The van der Waals surface area contributed by atoms with Crippen LogP contribution in [-0.4, -0.2) is 36.7 Å². The fourth-order valence-electron chi connectivity index (χ4n) is 0.305. The Labute approximate surface area is 58.0 Å². The molecule has 0 spiro atoms. The average Bonchev–Trinajstić information content (AvgIpc) is 1.81. The summed E-state index contributed by atoms with van der Waals surface area (Å²) < 4.78 is 0. The molecule has 0 bridgehead atoms. The Hall–Kier alpha value is -1.46. The third-order valence-electron chi connectivity index (χ3n) is 0.594. The van der Waals surface area contributed by atoms with Gasteiger partial charge in [-0.15, -0.1) is 0 Å². The molecule has 0 amide bonds. The van der Waals surface area contributed by atoms with Gasteiger partial charge in [0.25, 0.3) is 0 Å². The molecule has 0 aromatic carbocycles. The van der Waals surface area contributed by atoms with Crippen LogP contribution in [0.1, 0.15) is 0 Å². The average molecular weight is 144 g/mol. The van der Waals surface area contributed by atoms with Crippen molar-refractivity contribution < 1.29 is 4.92 Å². The van der Waals surface area contributed by atoms with Crippen molar-refractivity contribution in [1.82, 2.24) is 5.01 Å². The summed E-state index contributed by atoms with van der Waals surface area (Å²) in [7, 11) is 3.13. The van der Waals surface area contributed by atoms with Gasteiger partial charge in [-0.3, -0.25) is 0 Å². The second kappa shape index (κ2) is 3.54. The second-order valence-electron chi connectivity index (χ2n) is 1.66. The highest BCUT2D eigenvalue weighted by atomic mass is 16.6. The van der Waals surface area contributed by atoms with Gasteiger partial charge in [-0.05, 0) is 4.92 Å². The van der Waals surface area contributed by atoms with Crippen molar-refractivity contribution in [3.05, 3.63) is 10.1 Å². The van der Waals surface area contributed by atoms with Gasteiger partial charge in [0.1, 0.15) is 0 Å². The third-order valence-corrected chi connectivity index (χ3v) is 0.594. The number of aliphatic imine (C=N–C) groups is 1. The Bertz CT molecular complexity index is 174. The van der Waals surface area contributed by atoms with Gasteiger partial charge in [0, 0.05) is 19.2 Å². The van der Waals surface area contributed by atoms with Crippen LogP contribution in [-0.2, 0) is 0 Å². The molecule has 0 saturated carbocycles. The molecule has 0 atom stereocenters. The number of guanidine groups is 1. The van der Waals surface area contributed by atoms with Crippen LogP contribution in [0.4, 0.5) is 0 Å². The molecule has 0 N–H and O–H groups in total. The van der Waals surface area contributed by atoms with E-state index in [2.05, 4.69) is 16.8 Å². The quantitative estimate of drug-likeness (QED) is 0.221. The van der Waals surface area contributed by atoms with Gasteiger partial charge >= 0.3 is 5.96 Å². The van der Waals surface area contributed by atoms with E-state index in [1.165, 1.54) is 5.01 Å². The van der Waals surface area contributed by atoms with E-state index in [9.17, 15) is 10.1 Å². The number of nitrogens with zero attached hydrogens (tertiary/aromatic N) is 4. The van der Waals surface area contributed by atoms with Crippen LogP contribution in [0.15, 0.2) is 10.1 Å². The van der Waals surface area contributed by atoms with Crippen LogP contribution in [0, 0.1) is 10.1 Å². The predicted octanol–water partition coefficient (Wildman–Crippen LogP) is -0.204. The van der Waals surface area contributed by atoms with Crippen molar-refractivity contribution in [2.45, 2.75) is 0 Å². The first-order chi connectivity index (χ1) is 4.57. The Morgan fingerprint density at radius 3 is 2.30 bits per heavy atom. The molecule has 56 valence electrons. The van der Waals surface area contributed by atoms with Gasteiger partial charge in [-0.2, -0.15) is 0 Å². The SMILES string of the molecule is C=N/C(=N\N(C)C)[N+](=O)[O-]. The van der Waals surface area contributed by atoms with E-state index < -0.39 is 10.9 Å². The molecule has 0 rings (SSSR count). The molecule has 0 heterocycles. The fraction of sp³-hybridized carbons (Fsp3) is 0.500.